The number of benzene rings is 7. The van der Waals surface area contributed by atoms with Crippen molar-refractivity contribution in [3.63, 3.8) is 0 Å². The van der Waals surface area contributed by atoms with Crippen molar-refractivity contribution in [3.05, 3.63) is 152 Å². The Morgan fingerprint density at radius 1 is 0.623 bits per heavy atom. The van der Waals surface area contributed by atoms with Crippen LogP contribution in [0.5, 0.6) is 11.5 Å². The smallest absolute Gasteiger partial charge is 0.235 e. The van der Waals surface area contributed by atoms with Crippen molar-refractivity contribution in [2.75, 3.05) is 0 Å². The van der Waals surface area contributed by atoms with Crippen LogP contribution in [-0.4, -0.2) is 19.1 Å². The number of aromatic nitrogens is 4. The number of hydrogen-bond acceptors (Lipinski definition) is 3. The molecule has 11 rings (SSSR count). The van der Waals surface area contributed by atoms with Crippen LogP contribution in [0.15, 0.2) is 152 Å². The number of nitrogens with zero attached hydrogens (tertiary/aromatic N) is 4. The third-order valence-corrected chi connectivity index (χ3v) is 11.2. The van der Waals surface area contributed by atoms with E-state index in [9.17, 15) is 0 Å². The van der Waals surface area contributed by atoms with Gasteiger partial charge in [0.05, 0.1) is 38.7 Å². The lowest BCUT2D eigenvalue weighted by Gasteiger charge is -2.21. The minimum atomic E-state index is 0.172. The van der Waals surface area contributed by atoms with Gasteiger partial charge in [-0.3, -0.25) is 4.57 Å². The maximum Gasteiger partial charge on any atom is 0.235 e. The van der Waals surface area contributed by atoms with Gasteiger partial charge in [0.15, 0.2) is 0 Å². The van der Waals surface area contributed by atoms with Crippen LogP contribution in [0, 0.1) is 0 Å². The van der Waals surface area contributed by atoms with E-state index in [4.69, 9.17) is 14.7 Å². The molecule has 0 saturated carbocycles. The zero-order chi connectivity index (χ0) is 35.2. The second-order valence-electron chi connectivity index (χ2n) is 14.0. The zero-order valence-electron chi connectivity index (χ0n) is 29.3. The molecule has 0 amide bonds. The number of allylic oxidation sites excluding steroid dienone is 3. The Kier molecular flexibility index (Phi) is 6.44. The standard InChI is InChI=1S/C48H34N4O/c1-3-5-16-31(13-4-2)51-38-27-24-29-14-6-8-17-32(29)42(38)35-26-28-39-43(47(35)51)36-25-23-30-15-7-9-18-33(30)46(36)52(39)48-49-37-20-12-22-41-44(37)45(50-48)34-19-10-11-21-40(34)53-41/h3-12,14-15,17-28,31H,2,13,16H2,1H3/b5-3-. The summed E-state index contributed by atoms with van der Waals surface area (Å²) in [5, 5.41) is 10.7. The van der Waals surface area contributed by atoms with E-state index >= 15 is 0 Å². The molecule has 1 aliphatic rings. The van der Waals surface area contributed by atoms with E-state index in [2.05, 4.69) is 138 Å². The van der Waals surface area contributed by atoms with E-state index in [-0.39, 0.29) is 6.04 Å². The summed E-state index contributed by atoms with van der Waals surface area (Å²) in [6.45, 7) is 6.32. The van der Waals surface area contributed by atoms with Gasteiger partial charge in [-0.05, 0) is 72.3 Å². The Morgan fingerprint density at radius 3 is 2.21 bits per heavy atom. The van der Waals surface area contributed by atoms with Crippen molar-refractivity contribution in [1.29, 1.82) is 0 Å². The maximum atomic E-state index is 6.37. The molecule has 5 heteroatoms. The zero-order valence-corrected chi connectivity index (χ0v) is 29.3. The molecule has 0 aliphatic carbocycles. The van der Waals surface area contributed by atoms with Crippen molar-refractivity contribution in [1.82, 2.24) is 19.1 Å². The van der Waals surface area contributed by atoms with Crippen LogP contribution in [0.1, 0.15) is 25.8 Å². The Morgan fingerprint density at radius 2 is 1.34 bits per heavy atom. The first-order valence-corrected chi connectivity index (χ1v) is 18.3. The van der Waals surface area contributed by atoms with Gasteiger partial charge >= 0.3 is 0 Å². The number of rotatable bonds is 6. The van der Waals surface area contributed by atoms with E-state index in [0.29, 0.717) is 5.95 Å². The second-order valence-corrected chi connectivity index (χ2v) is 14.0. The van der Waals surface area contributed by atoms with Crippen molar-refractivity contribution in [3.8, 4) is 28.7 Å². The monoisotopic (exact) mass is 682 g/mol. The normalized spacial score (nSPS) is 13.2. The van der Waals surface area contributed by atoms with Crippen LogP contribution in [0.4, 0.5) is 0 Å². The molecule has 0 radical (unpaired) electrons. The van der Waals surface area contributed by atoms with Gasteiger partial charge in [0.1, 0.15) is 11.5 Å². The number of para-hydroxylation sites is 1. The van der Waals surface area contributed by atoms with Gasteiger partial charge in [0.25, 0.3) is 0 Å². The molecule has 10 aromatic rings. The molecule has 1 aliphatic heterocycles. The molecule has 7 aromatic carbocycles. The molecule has 53 heavy (non-hydrogen) atoms. The summed E-state index contributed by atoms with van der Waals surface area (Å²) in [4.78, 5) is 10.8. The molecule has 0 bridgehead atoms. The first-order valence-electron chi connectivity index (χ1n) is 18.3. The SMILES string of the molecule is C=CCC(C/C=C\C)n1c2ccc3ccccc3c2c2ccc3c(c4ccc5ccccc5c4n3-c3nc4c5c(cccc5n3)Oc3ccccc3-4)c21. The maximum absolute atomic E-state index is 6.37. The van der Waals surface area contributed by atoms with Gasteiger partial charge < -0.3 is 9.30 Å². The average Bonchev–Trinajstić information content (AvgIpc) is 3.73. The fraction of sp³-hybridized carbons (Fsp3) is 0.0833. The van der Waals surface area contributed by atoms with Gasteiger partial charge in [-0.1, -0.05) is 109 Å². The summed E-state index contributed by atoms with van der Waals surface area (Å²) in [7, 11) is 0. The summed E-state index contributed by atoms with van der Waals surface area (Å²) in [5.74, 6) is 2.22. The number of ether oxygens (including phenoxy) is 1. The minimum absolute atomic E-state index is 0.172. The van der Waals surface area contributed by atoms with E-state index in [1.807, 2.05) is 30.3 Å². The lowest BCUT2D eigenvalue weighted by atomic mass is 10.0. The predicted octanol–water partition coefficient (Wildman–Crippen LogP) is 13.0. The van der Waals surface area contributed by atoms with Crippen LogP contribution < -0.4 is 4.74 Å². The van der Waals surface area contributed by atoms with E-state index in [1.54, 1.807) is 0 Å². The topological polar surface area (TPSA) is 44.9 Å². The highest BCUT2D eigenvalue weighted by atomic mass is 16.5. The molecular weight excluding hydrogens is 649 g/mol. The quantitative estimate of drug-likeness (QED) is 0.164. The van der Waals surface area contributed by atoms with Crippen LogP contribution in [0.2, 0.25) is 0 Å². The minimum Gasteiger partial charge on any atom is -0.456 e. The molecule has 5 nitrogen and oxygen atoms in total. The molecule has 0 saturated heterocycles. The van der Waals surface area contributed by atoms with Crippen molar-refractivity contribution in [2.24, 2.45) is 0 Å². The van der Waals surface area contributed by atoms with Gasteiger partial charge in [-0.25, -0.2) is 9.97 Å². The lowest BCUT2D eigenvalue weighted by molar-refractivity contribution is 0.486. The Balaban J connectivity index is 1.35. The number of fused-ring (bicyclic) bond motifs is 13. The van der Waals surface area contributed by atoms with Crippen LogP contribution in [0.3, 0.4) is 0 Å². The molecule has 4 heterocycles. The van der Waals surface area contributed by atoms with Gasteiger partial charge in [-0.2, -0.15) is 0 Å². The average molecular weight is 683 g/mol. The summed E-state index contributed by atoms with van der Waals surface area (Å²) in [6, 6.07) is 45.6. The Labute approximate surface area is 305 Å². The molecule has 0 N–H and O–H groups in total. The molecule has 0 fully saturated rings. The molecule has 1 atom stereocenters. The van der Waals surface area contributed by atoms with Gasteiger partial charge in [-0.15, -0.1) is 6.58 Å². The third-order valence-electron chi connectivity index (χ3n) is 11.2. The molecular formula is C48H34N4O. The summed E-state index contributed by atoms with van der Waals surface area (Å²) in [6.07, 6.45) is 8.25. The van der Waals surface area contributed by atoms with Crippen LogP contribution in [0.25, 0.3) is 93.3 Å². The van der Waals surface area contributed by atoms with Gasteiger partial charge in [0.2, 0.25) is 5.95 Å². The first-order chi connectivity index (χ1) is 26.2. The first kappa shape index (κ1) is 30.0. The van der Waals surface area contributed by atoms with Crippen LogP contribution in [-0.2, 0) is 0 Å². The predicted molar refractivity (Wildman–Crippen MR) is 221 cm³/mol. The lowest BCUT2D eigenvalue weighted by Crippen LogP contribution is -2.08. The van der Waals surface area contributed by atoms with Crippen molar-refractivity contribution >= 4 is 76.1 Å². The highest BCUT2D eigenvalue weighted by Gasteiger charge is 2.28. The second kappa shape index (κ2) is 11.4. The largest absolute Gasteiger partial charge is 0.456 e. The Bertz CT molecular complexity index is 3200. The van der Waals surface area contributed by atoms with E-state index < -0.39 is 0 Å². The highest BCUT2D eigenvalue weighted by Crippen LogP contribution is 2.48. The summed E-state index contributed by atoms with van der Waals surface area (Å²) in [5.41, 5.74) is 7.35. The molecule has 1 unspecified atom stereocenters. The van der Waals surface area contributed by atoms with Gasteiger partial charge in [0, 0.05) is 38.5 Å². The Hall–Kier alpha value is -6.72. The summed E-state index contributed by atoms with van der Waals surface area (Å²) < 4.78 is 11.3. The fourth-order valence-electron chi connectivity index (χ4n) is 8.94. The van der Waals surface area contributed by atoms with Crippen LogP contribution >= 0.6 is 0 Å². The van der Waals surface area contributed by atoms with E-state index in [1.165, 1.54) is 48.7 Å². The third kappa shape index (κ3) is 4.19. The number of hydrogen-bond donors (Lipinski definition) is 0. The molecule has 3 aromatic heterocycles. The highest BCUT2D eigenvalue weighted by molar-refractivity contribution is 6.31. The van der Waals surface area contributed by atoms with Crippen molar-refractivity contribution < 1.29 is 4.74 Å². The van der Waals surface area contributed by atoms with E-state index in [0.717, 1.165) is 62.9 Å². The molecule has 252 valence electrons. The molecule has 0 spiro atoms. The van der Waals surface area contributed by atoms with Crippen molar-refractivity contribution in [2.45, 2.75) is 25.8 Å². The summed E-state index contributed by atoms with van der Waals surface area (Å²) >= 11 is 0. The fourth-order valence-corrected chi connectivity index (χ4v) is 8.94.